The third kappa shape index (κ3) is 2.61. The van der Waals surface area contributed by atoms with Crippen LogP contribution in [0, 0.1) is 0 Å². The molecule has 5 nitrogen and oxygen atoms in total. The van der Waals surface area contributed by atoms with Crippen molar-refractivity contribution in [2.45, 2.75) is 24.7 Å². The van der Waals surface area contributed by atoms with Gasteiger partial charge in [0.1, 0.15) is 0 Å². The highest BCUT2D eigenvalue weighted by Crippen LogP contribution is 2.23. The molecule has 92 valence electrons. The lowest BCUT2D eigenvalue weighted by Gasteiger charge is -2.34. The highest BCUT2D eigenvalue weighted by atomic mass is 16.5. The van der Waals surface area contributed by atoms with Gasteiger partial charge in [0.2, 0.25) is 0 Å². The van der Waals surface area contributed by atoms with Gasteiger partial charge in [0.05, 0.1) is 25.4 Å². The molecule has 0 aromatic heterocycles. The Morgan fingerprint density at radius 1 is 1.38 bits per heavy atom. The second-order valence-corrected chi connectivity index (χ2v) is 3.68. The number of nitrogens with one attached hydrogen (secondary N) is 1. The van der Waals surface area contributed by atoms with Crippen LogP contribution in [0.5, 0.6) is 0 Å². The summed E-state index contributed by atoms with van der Waals surface area (Å²) in [7, 11) is 6.46. The number of carbonyl (C=O) groups is 1. The van der Waals surface area contributed by atoms with Crippen LogP contribution in [0.3, 0.4) is 0 Å². The summed E-state index contributed by atoms with van der Waals surface area (Å²) in [5, 5.41) is 3.14. The van der Waals surface area contributed by atoms with E-state index in [0.717, 1.165) is 0 Å². The summed E-state index contributed by atoms with van der Waals surface area (Å²) in [4.78, 5) is 11.5. The average Bonchev–Trinajstić information content (AvgIpc) is 2.35. The van der Waals surface area contributed by atoms with Crippen molar-refractivity contribution in [2.24, 2.45) is 0 Å². The summed E-state index contributed by atoms with van der Waals surface area (Å²) in [5.41, 5.74) is 0.604. The van der Waals surface area contributed by atoms with Gasteiger partial charge in [-0.1, -0.05) is 0 Å². The summed E-state index contributed by atoms with van der Waals surface area (Å²) in [6.07, 6.45) is 2.06. The number of likely N-dealkylation sites (N-methyl/N-ethyl adjacent to an activating group) is 1. The Bertz CT molecular complexity index is 277. The molecule has 1 aliphatic carbocycles. The second-order valence-electron chi connectivity index (χ2n) is 3.68. The summed E-state index contributed by atoms with van der Waals surface area (Å²) in [6.45, 7) is 0. The van der Waals surface area contributed by atoms with Gasteiger partial charge in [-0.3, -0.25) is 0 Å². The van der Waals surface area contributed by atoms with Crippen LogP contribution in [0.2, 0.25) is 0 Å². The summed E-state index contributed by atoms with van der Waals surface area (Å²) >= 11 is 0. The molecule has 5 heteroatoms. The zero-order chi connectivity index (χ0) is 12.1. The standard InChI is InChI=1S/C11H19NO4/c1-12-10-8(14-2)5-7(11(13)16-4)6-9(10)15-3/h5,8-10,12H,6H2,1-4H3. The Kier molecular flexibility index (Phi) is 4.92. The van der Waals surface area contributed by atoms with E-state index >= 15 is 0 Å². The lowest BCUT2D eigenvalue weighted by molar-refractivity contribution is -0.137. The molecule has 0 amide bonds. The number of hydrogen-bond donors (Lipinski definition) is 1. The monoisotopic (exact) mass is 229 g/mol. The first kappa shape index (κ1) is 13.2. The van der Waals surface area contributed by atoms with Gasteiger partial charge in [-0.15, -0.1) is 0 Å². The molecule has 0 radical (unpaired) electrons. The van der Waals surface area contributed by atoms with E-state index in [1.807, 2.05) is 7.05 Å². The van der Waals surface area contributed by atoms with E-state index in [1.54, 1.807) is 20.3 Å². The molecular formula is C11H19NO4. The van der Waals surface area contributed by atoms with Crippen LogP contribution in [0.15, 0.2) is 11.6 Å². The predicted molar refractivity (Wildman–Crippen MR) is 59.2 cm³/mol. The lowest BCUT2D eigenvalue weighted by atomic mass is 9.90. The Hall–Kier alpha value is -0.910. The molecule has 0 spiro atoms. The van der Waals surface area contributed by atoms with Gasteiger partial charge in [0.15, 0.2) is 0 Å². The third-order valence-corrected chi connectivity index (χ3v) is 2.90. The SMILES string of the molecule is CNC1C(OC)C=C(C(=O)OC)CC1OC. The van der Waals surface area contributed by atoms with Gasteiger partial charge in [-0.25, -0.2) is 4.79 Å². The van der Waals surface area contributed by atoms with Crippen LogP contribution >= 0.6 is 0 Å². The highest BCUT2D eigenvalue weighted by Gasteiger charge is 2.34. The Morgan fingerprint density at radius 2 is 2.06 bits per heavy atom. The van der Waals surface area contributed by atoms with E-state index < -0.39 is 0 Å². The quantitative estimate of drug-likeness (QED) is 0.693. The molecule has 0 heterocycles. The summed E-state index contributed by atoms with van der Waals surface area (Å²) in [6, 6.07) is 0.0448. The summed E-state index contributed by atoms with van der Waals surface area (Å²) < 4.78 is 15.4. The number of methoxy groups -OCH3 is 3. The highest BCUT2D eigenvalue weighted by molar-refractivity contribution is 5.88. The molecule has 0 aromatic carbocycles. The first-order chi connectivity index (χ1) is 7.67. The zero-order valence-corrected chi connectivity index (χ0v) is 10.1. The van der Waals surface area contributed by atoms with Crippen LogP contribution in [0.25, 0.3) is 0 Å². The fourth-order valence-electron chi connectivity index (χ4n) is 2.00. The van der Waals surface area contributed by atoms with E-state index in [4.69, 9.17) is 14.2 Å². The molecule has 1 aliphatic rings. The Morgan fingerprint density at radius 3 is 2.50 bits per heavy atom. The molecule has 1 N–H and O–H groups in total. The maximum atomic E-state index is 11.5. The molecular weight excluding hydrogens is 210 g/mol. The number of esters is 1. The van der Waals surface area contributed by atoms with E-state index in [0.29, 0.717) is 12.0 Å². The van der Waals surface area contributed by atoms with E-state index in [1.165, 1.54) is 7.11 Å². The van der Waals surface area contributed by atoms with Crippen molar-refractivity contribution < 1.29 is 19.0 Å². The molecule has 0 saturated carbocycles. The van der Waals surface area contributed by atoms with Crippen LogP contribution in [-0.2, 0) is 19.0 Å². The van der Waals surface area contributed by atoms with Crippen molar-refractivity contribution in [1.29, 1.82) is 0 Å². The minimum atomic E-state index is -0.321. The summed E-state index contributed by atoms with van der Waals surface area (Å²) in [5.74, 6) is -0.321. The number of ether oxygens (including phenoxy) is 3. The number of carbonyl (C=O) groups excluding carboxylic acids is 1. The van der Waals surface area contributed by atoms with Gasteiger partial charge in [-0.2, -0.15) is 0 Å². The van der Waals surface area contributed by atoms with Crippen molar-refractivity contribution in [3.63, 3.8) is 0 Å². The average molecular weight is 229 g/mol. The van der Waals surface area contributed by atoms with Crippen LogP contribution in [0.4, 0.5) is 0 Å². The molecule has 0 aliphatic heterocycles. The first-order valence-corrected chi connectivity index (χ1v) is 5.19. The Balaban J connectivity index is 2.90. The molecule has 3 unspecified atom stereocenters. The third-order valence-electron chi connectivity index (χ3n) is 2.90. The van der Waals surface area contributed by atoms with Crippen LogP contribution < -0.4 is 5.32 Å². The van der Waals surface area contributed by atoms with Gasteiger partial charge in [-0.05, 0) is 13.1 Å². The van der Waals surface area contributed by atoms with E-state index in [9.17, 15) is 4.79 Å². The maximum Gasteiger partial charge on any atom is 0.333 e. The molecule has 0 fully saturated rings. The molecule has 3 atom stereocenters. The number of rotatable bonds is 4. The zero-order valence-electron chi connectivity index (χ0n) is 10.1. The van der Waals surface area contributed by atoms with Crippen molar-refractivity contribution in [3.8, 4) is 0 Å². The van der Waals surface area contributed by atoms with Crippen molar-refractivity contribution in [3.05, 3.63) is 11.6 Å². The molecule has 1 rings (SSSR count). The van der Waals surface area contributed by atoms with E-state index in [-0.39, 0.29) is 24.2 Å². The molecule has 0 aromatic rings. The number of hydrogen-bond acceptors (Lipinski definition) is 5. The normalized spacial score (nSPS) is 29.8. The maximum absolute atomic E-state index is 11.5. The van der Waals surface area contributed by atoms with Crippen molar-refractivity contribution in [2.75, 3.05) is 28.4 Å². The van der Waals surface area contributed by atoms with Gasteiger partial charge in [0, 0.05) is 26.2 Å². The van der Waals surface area contributed by atoms with Crippen molar-refractivity contribution in [1.82, 2.24) is 5.32 Å². The molecule has 16 heavy (non-hydrogen) atoms. The van der Waals surface area contributed by atoms with Gasteiger partial charge in [0.25, 0.3) is 0 Å². The topological polar surface area (TPSA) is 56.8 Å². The van der Waals surface area contributed by atoms with Crippen molar-refractivity contribution >= 4 is 5.97 Å². The van der Waals surface area contributed by atoms with Crippen LogP contribution in [0.1, 0.15) is 6.42 Å². The minimum Gasteiger partial charge on any atom is -0.466 e. The predicted octanol–water partition coefficient (Wildman–Crippen LogP) is 0.107. The fraction of sp³-hybridized carbons (Fsp3) is 0.727. The Labute approximate surface area is 95.7 Å². The van der Waals surface area contributed by atoms with Crippen LogP contribution in [-0.4, -0.2) is 52.6 Å². The minimum absolute atomic E-state index is 0.0448. The molecule has 0 bridgehead atoms. The smallest absolute Gasteiger partial charge is 0.333 e. The van der Waals surface area contributed by atoms with E-state index in [2.05, 4.69) is 5.32 Å². The first-order valence-electron chi connectivity index (χ1n) is 5.19. The molecule has 0 saturated heterocycles. The second kappa shape index (κ2) is 5.98. The van der Waals surface area contributed by atoms with Gasteiger partial charge >= 0.3 is 5.97 Å². The van der Waals surface area contributed by atoms with Gasteiger partial charge < -0.3 is 19.5 Å². The fourth-order valence-corrected chi connectivity index (χ4v) is 2.00. The largest absolute Gasteiger partial charge is 0.466 e. The lowest BCUT2D eigenvalue weighted by Crippen LogP contribution is -2.50.